The molecular formula is C11H12ClNO. The molecule has 2 rings (SSSR count). The molecule has 1 aliphatic carbocycles. The fourth-order valence-corrected chi connectivity index (χ4v) is 2.24. The van der Waals surface area contributed by atoms with E-state index in [0.717, 1.165) is 29.8 Å². The van der Waals surface area contributed by atoms with Crippen molar-refractivity contribution in [1.29, 1.82) is 0 Å². The zero-order valence-electron chi connectivity index (χ0n) is 7.87. The predicted octanol–water partition coefficient (Wildman–Crippen LogP) is 2.96. The quantitative estimate of drug-likeness (QED) is 0.712. The van der Waals surface area contributed by atoms with Crippen LogP contribution in [0, 0.1) is 0 Å². The van der Waals surface area contributed by atoms with Gasteiger partial charge in [-0.2, -0.15) is 0 Å². The Bertz CT molecular complexity index is 351. The lowest BCUT2D eigenvalue weighted by molar-refractivity contribution is -0.120. The van der Waals surface area contributed by atoms with Gasteiger partial charge >= 0.3 is 0 Å². The van der Waals surface area contributed by atoms with Crippen LogP contribution in [0.3, 0.4) is 0 Å². The molecule has 0 saturated heterocycles. The minimum atomic E-state index is 0.289. The number of rotatable bonds is 1. The minimum absolute atomic E-state index is 0.289. The van der Waals surface area contributed by atoms with Crippen molar-refractivity contribution in [3.05, 3.63) is 29.0 Å². The summed E-state index contributed by atoms with van der Waals surface area (Å²) in [6.45, 7) is 0. The van der Waals surface area contributed by atoms with E-state index in [1.807, 2.05) is 0 Å². The highest BCUT2D eigenvalue weighted by molar-refractivity contribution is 6.31. The molecule has 1 unspecified atom stereocenters. The first-order valence-corrected chi connectivity index (χ1v) is 5.26. The molecule has 0 aliphatic heterocycles. The fourth-order valence-electron chi connectivity index (χ4n) is 1.98. The van der Waals surface area contributed by atoms with E-state index < -0.39 is 0 Å². The zero-order valence-corrected chi connectivity index (χ0v) is 8.63. The summed E-state index contributed by atoms with van der Waals surface area (Å²) in [6.07, 6.45) is 6.85. The van der Waals surface area contributed by atoms with Gasteiger partial charge in [0.25, 0.3) is 0 Å². The molecule has 1 aromatic heterocycles. The van der Waals surface area contributed by atoms with E-state index in [-0.39, 0.29) is 5.92 Å². The Morgan fingerprint density at radius 2 is 2.36 bits per heavy atom. The van der Waals surface area contributed by atoms with Crippen molar-refractivity contribution in [2.45, 2.75) is 31.6 Å². The molecule has 3 heteroatoms. The fraction of sp³-hybridized carbons (Fsp3) is 0.455. The summed E-state index contributed by atoms with van der Waals surface area (Å²) in [5.74, 6) is 0.638. The number of hydrogen-bond donors (Lipinski definition) is 0. The highest BCUT2D eigenvalue weighted by Gasteiger charge is 2.22. The van der Waals surface area contributed by atoms with Crippen LogP contribution in [-0.2, 0) is 4.79 Å². The number of carbonyl (C=O) groups excluding carboxylic acids is 1. The van der Waals surface area contributed by atoms with Crippen LogP contribution in [0.4, 0.5) is 0 Å². The summed E-state index contributed by atoms with van der Waals surface area (Å²) in [5.41, 5.74) is 1.03. The van der Waals surface area contributed by atoms with Crippen molar-refractivity contribution in [3.63, 3.8) is 0 Å². The third-order valence-corrected chi connectivity index (χ3v) is 3.06. The van der Waals surface area contributed by atoms with Gasteiger partial charge in [0.2, 0.25) is 0 Å². The molecule has 0 amide bonds. The van der Waals surface area contributed by atoms with Crippen LogP contribution in [0.15, 0.2) is 18.5 Å². The van der Waals surface area contributed by atoms with Gasteiger partial charge in [-0.3, -0.25) is 9.78 Å². The number of Topliss-reactive ketones (excluding diaryl/α,β-unsaturated/α-hetero) is 1. The minimum Gasteiger partial charge on any atom is -0.300 e. The molecule has 1 heterocycles. The lowest BCUT2D eigenvalue weighted by atomic mass is 9.84. The highest BCUT2D eigenvalue weighted by Crippen LogP contribution is 2.34. The van der Waals surface area contributed by atoms with Gasteiger partial charge in [0.05, 0.1) is 0 Å². The molecule has 1 atom stereocenters. The molecule has 0 bridgehead atoms. The standard InChI is InChI=1S/C11H12ClNO/c12-11-4-5-13-7-10(11)8-2-1-3-9(14)6-8/h4-5,7-8H,1-3,6H2. The lowest BCUT2D eigenvalue weighted by Gasteiger charge is -2.21. The molecule has 1 fully saturated rings. The first-order chi connectivity index (χ1) is 6.77. The van der Waals surface area contributed by atoms with Crippen LogP contribution >= 0.6 is 11.6 Å². The van der Waals surface area contributed by atoms with Gasteiger partial charge in [0, 0.05) is 30.3 Å². The number of halogens is 1. The van der Waals surface area contributed by atoms with Crippen molar-refractivity contribution >= 4 is 17.4 Å². The summed E-state index contributed by atoms with van der Waals surface area (Å²) in [5, 5.41) is 0.736. The monoisotopic (exact) mass is 209 g/mol. The molecule has 1 aromatic rings. The maximum atomic E-state index is 11.3. The van der Waals surface area contributed by atoms with E-state index in [4.69, 9.17) is 11.6 Å². The van der Waals surface area contributed by atoms with Crippen LogP contribution in [0.2, 0.25) is 5.02 Å². The molecule has 0 aromatic carbocycles. The Morgan fingerprint density at radius 1 is 1.50 bits per heavy atom. The summed E-state index contributed by atoms with van der Waals surface area (Å²) in [7, 11) is 0. The summed E-state index contributed by atoms with van der Waals surface area (Å²) in [6, 6.07) is 1.79. The maximum absolute atomic E-state index is 11.3. The average molecular weight is 210 g/mol. The number of hydrogen-bond acceptors (Lipinski definition) is 2. The van der Waals surface area contributed by atoms with E-state index in [1.54, 1.807) is 18.5 Å². The molecule has 14 heavy (non-hydrogen) atoms. The van der Waals surface area contributed by atoms with Crippen molar-refractivity contribution in [2.24, 2.45) is 0 Å². The molecule has 0 N–H and O–H groups in total. The van der Waals surface area contributed by atoms with Gasteiger partial charge in [-0.1, -0.05) is 11.6 Å². The molecular weight excluding hydrogens is 198 g/mol. The molecule has 0 radical (unpaired) electrons. The molecule has 1 saturated carbocycles. The first-order valence-electron chi connectivity index (χ1n) is 4.88. The van der Waals surface area contributed by atoms with Gasteiger partial charge in [-0.05, 0) is 30.4 Å². The lowest BCUT2D eigenvalue weighted by Crippen LogP contribution is -2.13. The Morgan fingerprint density at radius 3 is 3.07 bits per heavy atom. The van der Waals surface area contributed by atoms with E-state index in [2.05, 4.69) is 4.98 Å². The maximum Gasteiger partial charge on any atom is 0.133 e. The highest BCUT2D eigenvalue weighted by atomic mass is 35.5. The molecule has 0 spiro atoms. The van der Waals surface area contributed by atoms with E-state index in [1.165, 1.54) is 0 Å². The van der Waals surface area contributed by atoms with Crippen molar-refractivity contribution < 1.29 is 4.79 Å². The number of aromatic nitrogens is 1. The van der Waals surface area contributed by atoms with Crippen LogP contribution in [-0.4, -0.2) is 10.8 Å². The predicted molar refractivity (Wildman–Crippen MR) is 55.5 cm³/mol. The number of ketones is 1. The Balaban J connectivity index is 2.22. The Hall–Kier alpha value is -0.890. The SMILES string of the molecule is O=C1CCCC(c2cnccc2Cl)C1. The number of carbonyl (C=O) groups is 1. The van der Waals surface area contributed by atoms with E-state index in [9.17, 15) is 4.79 Å². The number of nitrogens with zero attached hydrogens (tertiary/aromatic N) is 1. The van der Waals surface area contributed by atoms with Crippen LogP contribution in [0.1, 0.15) is 37.2 Å². The second kappa shape index (κ2) is 4.09. The Kier molecular flexibility index (Phi) is 2.82. The topological polar surface area (TPSA) is 30.0 Å². The molecule has 74 valence electrons. The average Bonchev–Trinajstić information content (AvgIpc) is 2.18. The van der Waals surface area contributed by atoms with Crippen LogP contribution in [0.25, 0.3) is 0 Å². The summed E-state index contributed by atoms with van der Waals surface area (Å²) in [4.78, 5) is 15.3. The van der Waals surface area contributed by atoms with Crippen molar-refractivity contribution in [1.82, 2.24) is 4.98 Å². The van der Waals surface area contributed by atoms with Gasteiger partial charge in [0.15, 0.2) is 0 Å². The van der Waals surface area contributed by atoms with Crippen molar-refractivity contribution in [2.75, 3.05) is 0 Å². The second-order valence-electron chi connectivity index (χ2n) is 3.73. The van der Waals surface area contributed by atoms with Crippen LogP contribution < -0.4 is 0 Å². The van der Waals surface area contributed by atoms with Crippen LogP contribution in [0.5, 0.6) is 0 Å². The molecule has 2 nitrogen and oxygen atoms in total. The second-order valence-corrected chi connectivity index (χ2v) is 4.14. The van der Waals surface area contributed by atoms with Gasteiger partial charge in [0.1, 0.15) is 5.78 Å². The van der Waals surface area contributed by atoms with Gasteiger partial charge in [-0.15, -0.1) is 0 Å². The third-order valence-electron chi connectivity index (χ3n) is 2.72. The first kappa shape index (κ1) is 9.66. The van der Waals surface area contributed by atoms with E-state index in [0.29, 0.717) is 12.2 Å². The summed E-state index contributed by atoms with van der Waals surface area (Å²) >= 11 is 6.05. The molecule has 1 aliphatic rings. The normalized spacial score (nSPS) is 22.4. The van der Waals surface area contributed by atoms with Gasteiger partial charge in [-0.25, -0.2) is 0 Å². The zero-order chi connectivity index (χ0) is 9.97. The van der Waals surface area contributed by atoms with Gasteiger partial charge < -0.3 is 0 Å². The number of pyridine rings is 1. The van der Waals surface area contributed by atoms with Crippen molar-refractivity contribution in [3.8, 4) is 0 Å². The smallest absolute Gasteiger partial charge is 0.133 e. The van der Waals surface area contributed by atoms with E-state index >= 15 is 0 Å². The largest absolute Gasteiger partial charge is 0.300 e. The Labute approximate surface area is 88.3 Å². The third kappa shape index (κ3) is 1.95. The summed E-state index contributed by atoms with van der Waals surface area (Å²) < 4.78 is 0.